The first kappa shape index (κ1) is 23.9. The molecular formula is C26H28FN3O3S. The van der Waals surface area contributed by atoms with Crippen LogP contribution in [0.3, 0.4) is 0 Å². The molecule has 0 unspecified atom stereocenters. The van der Waals surface area contributed by atoms with E-state index in [9.17, 15) is 17.6 Å². The number of sulfonamides is 1. The number of benzene rings is 3. The fraction of sp³-hybridized carbons (Fsp3) is 0.269. The summed E-state index contributed by atoms with van der Waals surface area (Å²) in [6, 6.07) is 19.8. The normalized spacial score (nSPS) is 15.1. The summed E-state index contributed by atoms with van der Waals surface area (Å²) >= 11 is 0. The SMILES string of the molecule is Cc1cccc(CN2CCC(NC(=O)c3cccc(S(=O)(=O)Nc4ccccc4F)c3)CC2)c1. The van der Waals surface area contributed by atoms with Crippen LogP contribution in [0, 0.1) is 12.7 Å². The first-order chi connectivity index (χ1) is 16.3. The summed E-state index contributed by atoms with van der Waals surface area (Å²) in [6.07, 6.45) is 1.65. The van der Waals surface area contributed by atoms with Crippen LogP contribution in [0.2, 0.25) is 0 Å². The van der Waals surface area contributed by atoms with Crippen molar-refractivity contribution in [3.05, 3.63) is 95.3 Å². The predicted octanol–water partition coefficient (Wildman–Crippen LogP) is 4.33. The van der Waals surface area contributed by atoms with Gasteiger partial charge in [0.05, 0.1) is 10.6 Å². The number of nitrogens with zero attached hydrogens (tertiary/aromatic N) is 1. The number of nitrogens with one attached hydrogen (secondary N) is 2. The first-order valence-corrected chi connectivity index (χ1v) is 12.7. The number of para-hydroxylation sites is 1. The van der Waals surface area contributed by atoms with Crippen LogP contribution in [0.4, 0.5) is 10.1 Å². The average Bonchev–Trinajstić information content (AvgIpc) is 2.82. The van der Waals surface area contributed by atoms with E-state index in [1.807, 2.05) is 0 Å². The Morgan fingerprint density at radius 1 is 1.00 bits per heavy atom. The van der Waals surface area contributed by atoms with Gasteiger partial charge in [-0.15, -0.1) is 0 Å². The maximum Gasteiger partial charge on any atom is 0.262 e. The second kappa shape index (κ2) is 10.4. The molecule has 8 heteroatoms. The maximum atomic E-state index is 13.9. The third-order valence-corrected chi connectivity index (χ3v) is 7.30. The fourth-order valence-corrected chi connectivity index (χ4v) is 5.24. The van der Waals surface area contributed by atoms with Crippen LogP contribution >= 0.6 is 0 Å². The van der Waals surface area contributed by atoms with E-state index in [2.05, 4.69) is 46.1 Å². The van der Waals surface area contributed by atoms with Gasteiger partial charge in [-0.05, 0) is 55.7 Å². The van der Waals surface area contributed by atoms with Crippen molar-refractivity contribution < 1.29 is 17.6 Å². The molecule has 0 bridgehead atoms. The number of carbonyl (C=O) groups excluding carboxylic acids is 1. The van der Waals surface area contributed by atoms with E-state index < -0.39 is 15.8 Å². The van der Waals surface area contributed by atoms with Gasteiger partial charge in [0.15, 0.2) is 0 Å². The van der Waals surface area contributed by atoms with Crippen LogP contribution in [0.1, 0.15) is 34.3 Å². The average molecular weight is 482 g/mol. The van der Waals surface area contributed by atoms with Gasteiger partial charge >= 0.3 is 0 Å². The molecule has 0 atom stereocenters. The van der Waals surface area contributed by atoms with E-state index in [4.69, 9.17) is 0 Å². The van der Waals surface area contributed by atoms with Gasteiger partial charge in [-0.1, -0.05) is 48.0 Å². The highest BCUT2D eigenvalue weighted by Gasteiger charge is 2.23. The standard InChI is InChI=1S/C26H28FN3O3S/c1-19-6-4-7-20(16-19)18-30-14-12-22(13-15-30)28-26(31)21-8-5-9-23(17-21)34(32,33)29-25-11-3-2-10-24(25)27/h2-11,16-17,22,29H,12-15,18H2,1H3,(H,28,31). The lowest BCUT2D eigenvalue weighted by molar-refractivity contribution is 0.0908. The third kappa shape index (κ3) is 6.01. The van der Waals surface area contributed by atoms with Crippen molar-refractivity contribution in [1.82, 2.24) is 10.2 Å². The minimum Gasteiger partial charge on any atom is -0.349 e. The molecule has 2 N–H and O–H groups in total. The monoisotopic (exact) mass is 481 g/mol. The molecule has 1 aliphatic heterocycles. The molecule has 1 fully saturated rings. The lowest BCUT2D eigenvalue weighted by Crippen LogP contribution is -2.44. The molecule has 3 aromatic carbocycles. The number of rotatable bonds is 7. The summed E-state index contributed by atoms with van der Waals surface area (Å²) in [5.74, 6) is -0.992. The number of aryl methyl sites for hydroxylation is 1. The maximum absolute atomic E-state index is 13.9. The first-order valence-electron chi connectivity index (χ1n) is 11.3. The van der Waals surface area contributed by atoms with Crippen molar-refractivity contribution >= 4 is 21.6 Å². The molecule has 34 heavy (non-hydrogen) atoms. The number of halogens is 1. The summed E-state index contributed by atoms with van der Waals surface area (Å²) in [6.45, 7) is 4.72. The van der Waals surface area contributed by atoms with Gasteiger partial charge < -0.3 is 5.32 Å². The lowest BCUT2D eigenvalue weighted by atomic mass is 10.0. The molecule has 1 saturated heterocycles. The molecule has 0 radical (unpaired) electrons. The molecule has 178 valence electrons. The molecule has 3 aromatic rings. The van der Waals surface area contributed by atoms with Crippen molar-refractivity contribution in [1.29, 1.82) is 0 Å². The van der Waals surface area contributed by atoms with E-state index in [1.54, 1.807) is 6.07 Å². The van der Waals surface area contributed by atoms with Gasteiger partial charge in [-0.3, -0.25) is 14.4 Å². The largest absolute Gasteiger partial charge is 0.349 e. The second-order valence-electron chi connectivity index (χ2n) is 8.63. The van der Waals surface area contributed by atoms with E-state index in [-0.39, 0.29) is 28.1 Å². The van der Waals surface area contributed by atoms with Crippen LogP contribution in [-0.2, 0) is 16.6 Å². The molecule has 1 amide bonds. The third-order valence-electron chi connectivity index (χ3n) is 5.94. The molecule has 0 saturated carbocycles. The zero-order valence-corrected chi connectivity index (χ0v) is 19.8. The van der Waals surface area contributed by atoms with Gasteiger partial charge in [0.2, 0.25) is 0 Å². The van der Waals surface area contributed by atoms with Gasteiger partial charge in [0.1, 0.15) is 5.82 Å². The molecule has 1 aliphatic rings. The smallest absolute Gasteiger partial charge is 0.262 e. The van der Waals surface area contributed by atoms with E-state index in [0.717, 1.165) is 32.5 Å². The number of piperidine rings is 1. The zero-order chi connectivity index (χ0) is 24.1. The van der Waals surface area contributed by atoms with E-state index >= 15 is 0 Å². The number of likely N-dealkylation sites (tertiary alicyclic amines) is 1. The summed E-state index contributed by atoms with van der Waals surface area (Å²) in [5.41, 5.74) is 2.63. The van der Waals surface area contributed by atoms with Crippen molar-refractivity contribution in [2.24, 2.45) is 0 Å². The second-order valence-corrected chi connectivity index (χ2v) is 10.3. The highest BCUT2D eigenvalue weighted by molar-refractivity contribution is 7.92. The molecule has 1 heterocycles. The Hall–Kier alpha value is -3.23. The Bertz CT molecular complexity index is 1270. The summed E-state index contributed by atoms with van der Waals surface area (Å²) in [4.78, 5) is 15.1. The van der Waals surface area contributed by atoms with Gasteiger partial charge in [0, 0.05) is 31.2 Å². The Kier molecular flexibility index (Phi) is 7.29. The number of carbonyl (C=O) groups is 1. The predicted molar refractivity (Wildman–Crippen MR) is 131 cm³/mol. The van der Waals surface area contributed by atoms with E-state index in [1.165, 1.54) is 53.6 Å². The Morgan fingerprint density at radius 3 is 2.47 bits per heavy atom. The topological polar surface area (TPSA) is 78.5 Å². The number of hydrogen-bond donors (Lipinski definition) is 2. The van der Waals surface area contributed by atoms with Gasteiger partial charge in [-0.2, -0.15) is 0 Å². The fourth-order valence-electron chi connectivity index (χ4n) is 4.12. The van der Waals surface area contributed by atoms with Crippen molar-refractivity contribution in [3.63, 3.8) is 0 Å². The summed E-state index contributed by atoms with van der Waals surface area (Å²) in [7, 11) is -4.04. The van der Waals surface area contributed by atoms with Crippen molar-refractivity contribution in [2.45, 2.75) is 37.2 Å². The molecular weight excluding hydrogens is 453 g/mol. The Labute approximate surface area is 199 Å². The van der Waals surface area contributed by atoms with Crippen LogP contribution in [0.15, 0.2) is 77.7 Å². The summed E-state index contributed by atoms with van der Waals surface area (Å²) in [5, 5.41) is 3.03. The van der Waals surface area contributed by atoms with Crippen molar-refractivity contribution in [3.8, 4) is 0 Å². The zero-order valence-electron chi connectivity index (χ0n) is 19.0. The van der Waals surface area contributed by atoms with Crippen LogP contribution in [0.25, 0.3) is 0 Å². The highest BCUT2D eigenvalue weighted by atomic mass is 32.2. The quantitative estimate of drug-likeness (QED) is 0.527. The molecule has 0 aromatic heterocycles. The molecule has 6 nitrogen and oxygen atoms in total. The number of amides is 1. The highest BCUT2D eigenvalue weighted by Crippen LogP contribution is 2.20. The van der Waals surface area contributed by atoms with Crippen molar-refractivity contribution in [2.75, 3.05) is 17.8 Å². The lowest BCUT2D eigenvalue weighted by Gasteiger charge is -2.32. The van der Waals surface area contributed by atoms with Crippen LogP contribution in [-0.4, -0.2) is 38.4 Å². The van der Waals surface area contributed by atoms with Crippen LogP contribution in [0.5, 0.6) is 0 Å². The molecule has 4 rings (SSSR count). The Balaban J connectivity index is 1.35. The molecule has 0 aliphatic carbocycles. The van der Waals surface area contributed by atoms with E-state index in [0.29, 0.717) is 0 Å². The summed E-state index contributed by atoms with van der Waals surface area (Å²) < 4.78 is 41.5. The van der Waals surface area contributed by atoms with Gasteiger partial charge in [-0.25, -0.2) is 12.8 Å². The number of anilines is 1. The van der Waals surface area contributed by atoms with Gasteiger partial charge in [0.25, 0.3) is 15.9 Å². The number of hydrogen-bond acceptors (Lipinski definition) is 4. The Morgan fingerprint density at radius 2 is 1.74 bits per heavy atom. The minimum atomic E-state index is -4.04. The molecule has 0 spiro atoms. The van der Waals surface area contributed by atoms with Crippen LogP contribution < -0.4 is 10.0 Å². The minimum absolute atomic E-state index is 0.0260.